The number of methoxy groups -OCH3 is 1. The van der Waals surface area contributed by atoms with E-state index in [0.29, 0.717) is 30.2 Å². The van der Waals surface area contributed by atoms with Crippen LogP contribution >= 0.6 is 0 Å². The molecule has 3 aromatic rings. The van der Waals surface area contributed by atoms with Crippen molar-refractivity contribution in [3.8, 4) is 17.1 Å². The molecule has 1 aliphatic heterocycles. The summed E-state index contributed by atoms with van der Waals surface area (Å²) in [6.45, 7) is 0.725. The van der Waals surface area contributed by atoms with Gasteiger partial charge in [0.15, 0.2) is 5.82 Å². The Balaban J connectivity index is 1.39. The lowest BCUT2D eigenvalue weighted by atomic mass is 10.1. The molecule has 2 aliphatic rings. The molecule has 0 atom stereocenters. The highest BCUT2D eigenvalue weighted by molar-refractivity contribution is 7.89. The van der Waals surface area contributed by atoms with Crippen molar-refractivity contribution in [2.24, 2.45) is 0 Å². The average molecular weight is 422 g/mol. The van der Waals surface area contributed by atoms with Crippen LogP contribution in [0.3, 0.4) is 0 Å². The van der Waals surface area contributed by atoms with Crippen LogP contribution in [-0.2, 0) is 35.8 Å². The third-order valence-electron chi connectivity index (χ3n) is 5.95. The summed E-state index contributed by atoms with van der Waals surface area (Å²) in [6.07, 6.45) is 5.44. The third kappa shape index (κ3) is 3.38. The van der Waals surface area contributed by atoms with Gasteiger partial charge in [0.25, 0.3) is 0 Å². The van der Waals surface area contributed by atoms with E-state index in [-0.39, 0.29) is 0 Å². The van der Waals surface area contributed by atoms with Crippen LogP contribution in [0.5, 0.6) is 5.75 Å². The number of aromatic nitrogens is 2. The maximum absolute atomic E-state index is 13.2. The van der Waals surface area contributed by atoms with Crippen LogP contribution in [0.2, 0.25) is 0 Å². The van der Waals surface area contributed by atoms with Crippen molar-refractivity contribution in [2.45, 2.75) is 37.1 Å². The molecule has 0 radical (unpaired) electrons. The van der Waals surface area contributed by atoms with E-state index >= 15 is 0 Å². The summed E-state index contributed by atoms with van der Waals surface area (Å²) in [4.78, 5) is 9.57. The quantitative estimate of drug-likeness (QED) is 0.646. The van der Waals surface area contributed by atoms with Crippen molar-refractivity contribution in [1.29, 1.82) is 0 Å². The van der Waals surface area contributed by atoms with E-state index in [1.54, 1.807) is 23.7 Å². The van der Waals surface area contributed by atoms with Crippen LogP contribution in [0.15, 0.2) is 53.6 Å². The summed E-state index contributed by atoms with van der Waals surface area (Å²) in [5.74, 6) is 1.43. The molecule has 0 N–H and O–H groups in total. The molecule has 0 saturated carbocycles. The Bertz CT molecular complexity index is 1210. The van der Waals surface area contributed by atoms with Crippen molar-refractivity contribution in [3.05, 3.63) is 71.0 Å². The van der Waals surface area contributed by atoms with Crippen LogP contribution in [-0.4, -0.2) is 36.3 Å². The zero-order valence-electron chi connectivity index (χ0n) is 16.8. The fraction of sp³-hybridized carbons (Fsp3) is 0.304. The zero-order chi connectivity index (χ0) is 20.7. The van der Waals surface area contributed by atoms with Crippen molar-refractivity contribution in [1.82, 2.24) is 14.3 Å². The van der Waals surface area contributed by atoms with E-state index < -0.39 is 10.0 Å². The number of benzene rings is 2. The van der Waals surface area contributed by atoms with Gasteiger partial charge in [-0.25, -0.2) is 18.4 Å². The van der Waals surface area contributed by atoms with E-state index in [2.05, 4.69) is 4.98 Å². The lowest BCUT2D eigenvalue weighted by molar-refractivity contribution is 0.387. The van der Waals surface area contributed by atoms with Crippen LogP contribution in [0, 0.1) is 0 Å². The zero-order valence-corrected chi connectivity index (χ0v) is 17.7. The Morgan fingerprint density at radius 3 is 2.57 bits per heavy atom. The fourth-order valence-corrected chi connectivity index (χ4v) is 5.70. The van der Waals surface area contributed by atoms with E-state index in [1.807, 2.05) is 36.4 Å². The summed E-state index contributed by atoms with van der Waals surface area (Å²) >= 11 is 0. The van der Waals surface area contributed by atoms with Crippen molar-refractivity contribution in [2.75, 3.05) is 13.7 Å². The summed E-state index contributed by atoms with van der Waals surface area (Å²) < 4.78 is 33.2. The molecular weight excluding hydrogens is 398 g/mol. The van der Waals surface area contributed by atoms with Crippen LogP contribution in [0.4, 0.5) is 0 Å². The molecule has 2 heterocycles. The summed E-state index contributed by atoms with van der Waals surface area (Å²) in [6, 6.07) is 13.2. The molecule has 0 amide bonds. The Morgan fingerprint density at radius 2 is 1.77 bits per heavy atom. The Morgan fingerprint density at radius 1 is 0.967 bits per heavy atom. The van der Waals surface area contributed by atoms with Gasteiger partial charge in [0.05, 0.1) is 17.7 Å². The lowest BCUT2D eigenvalue weighted by Crippen LogP contribution is -2.36. The van der Waals surface area contributed by atoms with Gasteiger partial charge in [0.2, 0.25) is 10.0 Å². The van der Waals surface area contributed by atoms with Gasteiger partial charge in [-0.1, -0.05) is 6.07 Å². The second-order valence-corrected chi connectivity index (χ2v) is 9.70. The number of ether oxygens (including phenoxy) is 1. The van der Waals surface area contributed by atoms with Crippen molar-refractivity contribution >= 4 is 10.0 Å². The average Bonchev–Trinajstić information content (AvgIpc) is 3.26. The molecular formula is C23H23N3O3S. The Labute approximate surface area is 176 Å². The van der Waals surface area contributed by atoms with Crippen LogP contribution < -0.4 is 4.74 Å². The van der Waals surface area contributed by atoms with Gasteiger partial charge in [0.1, 0.15) is 5.75 Å². The number of hydrogen-bond acceptors (Lipinski definition) is 5. The number of fused-ring (bicyclic) bond motifs is 2. The van der Waals surface area contributed by atoms with Gasteiger partial charge < -0.3 is 4.74 Å². The highest BCUT2D eigenvalue weighted by Gasteiger charge is 2.30. The summed E-state index contributed by atoms with van der Waals surface area (Å²) in [5.41, 5.74) is 5.13. The lowest BCUT2D eigenvalue weighted by Gasteiger charge is -2.27. The highest BCUT2D eigenvalue weighted by Crippen LogP contribution is 2.29. The van der Waals surface area contributed by atoms with E-state index in [4.69, 9.17) is 9.72 Å². The van der Waals surface area contributed by atoms with E-state index in [1.165, 1.54) is 11.1 Å². The van der Waals surface area contributed by atoms with Crippen LogP contribution in [0.1, 0.15) is 28.8 Å². The normalized spacial score (nSPS) is 16.2. The molecule has 30 heavy (non-hydrogen) atoms. The first-order valence-electron chi connectivity index (χ1n) is 10.2. The molecule has 1 aliphatic carbocycles. The van der Waals surface area contributed by atoms with Crippen molar-refractivity contribution in [3.63, 3.8) is 0 Å². The minimum absolute atomic E-state index is 0.303. The number of aryl methyl sites for hydroxylation is 2. The molecule has 6 nitrogen and oxygen atoms in total. The predicted octanol–water partition coefficient (Wildman–Crippen LogP) is 3.39. The predicted molar refractivity (Wildman–Crippen MR) is 114 cm³/mol. The number of rotatable bonds is 4. The third-order valence-corrected chi connectivity index (χ3v) is 7.80. The van der Waals surface area contributed by atoms with Crippen LogP contribution in [0.25, 0.3) is 11.4 Å². The van der Waals surface area contributed by atoms with E-state index in [9.17, 15) is 8.42 Å². The summed E-state index contributed by atoms with van der Waals surface area (Å²) in [5, 5.41) is 0. The van der Waals surface area contributed by atoms with Gasteiger partial charge in [-0.05, 0) is 66.8 Å². The molecule has 1 aromatic heterocycles. The summed E-state index contributed by atoms with van der Waals surface area (Å²) in [7, 11) is -1.90. The monoisotopic (exact) mass is 421 g/mol. The number of hydrogen-bond donors (Lipinski definition) is 0. The van der Waals surface area contributed by atoms with Gasteiger partial charge >= 0.3 is 0 Å². The van der Waals surface area contributed by atoms with Gasteiger partial charge in [-0.2, -0.15) is 4.31 Å². The second-order valence-electron chi connectivity index (χ2n) is 7.77. The molecule has 0 spiro atoms. The molecule has 0 bridgehead atoms. The number of nitrogens with zero attached hydrogens (tertiary/aromatic N) is 3. The van der Waals surface area contributed by atoms with Gasteiger partial charge in [-0.3, -0.25) is 0 Å². The first kappa shape index (κ1) is 19.2. The minimum Gasteiger partial charge on any atom is -0.497 e. The Kier molecular flexibility index (Phi) is 4.79. The fourth-order valence-electron chi connectivity index (χ4n) is 4.23. The molecule has 5 rings (SSSR count). The largest absolute Gasteiger partial charge is 0.497 e. The molecule has 154 valence electrons. The number of sulfonamides is 1. The van der Waals surface area contributed by atoms with Gasteiger partial charge in [0, 0.05) is 36.8 Å². The highest BCUT2D eigenvalue weighted by atomic mass is 32.2. The molecule has 0 fully saturated rings. The first-order chi connectivity index (χ1) is 14.5. The maximum Gasteiger partial charge on any atom is 0.243 e. The standard InChI is InChI=1S/C23H23N3O3S/c1-29-20-8-5-17(6-9-20)23-24-14-19-15-26(12-11-22(19)25-23)30(27,28)21-10-7-16-3-2-4-18(16)13-21/h5-10,13-14H,2-4,11-12,15H2,1H3. The maximum atomic E-state index is 13.2. The SMILES string of the molecule is COc1ccc(-c2ncc3c(n2)CCN(S(=O)(=O)c2ccc4c(c2)CCC4)C3)cc1. The molecule has 0 unspecified atom stereocenters. The molecule has 2 aromatic carbocycles. The van der Waals surface area contributed by atoms with Crippen molar-refractivity contribution < 1.29 is 13.2 Å². The minimum atomic E-state index is -3.53. The van der Waals surface area contributed by atoms with Gasteiger partial charge in [-0.15, -0.1) is 0 Å². The smallest absolute Gasteiger partial charge is 0.243 e. The van der Waals surface area contributed by atoms with E-state index in [0.717, 1.165) is 41.8 Å². The Hall–Kier alpha value is -2.77. The molecule has 7 heteroatoms. The topological polar surface area (TPSA) is 72.4 Å². The molecule has 0 saturated heterocycles. The second kappa shape index (κ2) is 7.49. The first-order valence-corrected chi connectivity index (χ1v) is 11.6.